The van der Waals surface area contributed by atoms with E-state index in [4.69, 9.17) is 22.1 Å². The van der Waals surface area contributed by atoms with Crippen LogP contribution in [0, 0.1) is 5.92 Å². The van der Waals surface area contributed by atoms with Crippen molar-refractivity contribution in [3.8, 4) is 5.75 Å². The Hall–Kier alpha value is -1.59. The molecule has 0 aliphatic rings. The van der Waals surface area contributed by atoms with Gasteiger partial charge in [0.2, 0.25) is 0 Å². The molecule has 1 aromatic heterocycles. The number of hydrogen-bond donors (Lipinski definition) is 1. The maximum Gasteiger partial charge on any atom is 0.164 e. The predicted molar refractivity (Wildman–Crippen MR) is 83.4 cm³/mol. The topological polar surface area (TPSA) is 66.0 Å². The van der Waals surface area contributed by atoms with Gasteiger partial charge in [-0.15, -0.1) is 0 Å². The lowest BCUT2D eigenvalue weighted by molar-refractivity contribution is 0.280. The third kappa shape index (κ3) is 4.19. The summed E-state index contributed by atoms with van der Waals surface area (Å²) in [6.07, 6.45) is 2.24. The van der Waals surface area contributed by atoms with Gasteiger partial charge in [-0.3, -0.25) is 0 Å². The Balaban J connectivity index is 2.10. The van der Waals surface area contributed by atoms with E-state index < -0.39 is 0 Å². The van der Waals surface area contributed by atoms with Crippen LogP contribution < -0.4 is 10.5 Å². The van der Waals surface area contributed by atoms with Crippen molar-refractivity contribution in [1.82, 2.24) is 14.8 Å². The molecule has 0 spiro atoms. The molecule has 0 saturated carbocycles. The summed E-state index contributed by atoms with van der Waals surface area (Å²) in [5, 5.41) is 4.91. The molecular formula is C15H21ClN4O. The number of benzene rings is 1. The molecule has 0 aliphatic carbocycles. The largest absolute Gasteiger partial charge is 0.485 e. The minimum atomic E-state index is 0.366. The Bertz CT molecular complexity index is 583. The molecule has 0 saturated heterocycles. The molecule has 0 amide bonds. The fourth-order valence-electron chi connectivity index (χ4n) is 2.10. The minimum Gasteiger partial charge on any atom is -0.485 e. The van der Waals surface area contributed by atoms with Crippen LogP contribution >= 0.6 is 11.6 Å². The summed E-state index contributed by atoms with van der Waals surface area (Å²) in [6.45, 7) is 6.00. The molecular weight excluding hydrogens is 288 g/mol. The van der Waals surface area contributed by atoms with E-state index in [1.807, 2.05) is 22.9 Å². The molecule has 2 aromatic rings. The summed E-state index contributed by atoms with van der Waals surface area (Å²) >= 11 is 6.20. The maximum absolute atomic E-state index is 6.20. The number of nitrogens with zero attached hydrogens (tertiary/aromatic N) is 3. The van der Waals surface area contributed by atoms with E-state index in [1.165, 1.54) is 0 Å². The molecule has 5 nitrogen and oxygen atoms in total. The van der Waals surface area contributed by atoms with E-state index in [9.17, 15) is 0 Å². The summed E-state index contributed by atoms with van der Waals surface area (Å²) < 4.78 is 7.75. The Morgan fingerprint density at radius 2 is 2.19 bits per heavy atom. The number of ether oxygens (including phenoxy) is 1. The first-order valence-corrected chi connectivity index (χ1v) is 7.46. The van der Waals surface area contributed by atoms with Crippen molar-refractivity contribution in [3.05, 3.63) is 40.9 Å². The van der Waals surface area contributed by atoms with Crippen LogP contribution in [0.25, 0.3) is 0 Å². The standard InChI is InChI=1S/C15H21ClN4O/c1-11(2)8-20-15(18-10-19-20)9-21-14-5-3-4-13(16)12(14)6-7-17/h3-5,10-11H,6-9,17H2,1-2H3. The maximum atomic E-state index is 6.20. The van der Waals surface area contributed by atoms with Crippen molar-refractivity contribution in [2.24, 2.45) is 11.7 Å². The van der Waals surface area contributed by atoms with Crippen molar-refractivity contribution >= 4 is 11.6 Å². The summed E-state index contributed by atoms with van der Waals surface area (Å²) in [7, 11) is 0. The lowest BCUT2D eigenvalue weighted by Gasteiger charge is -2.13. The zero-order valence-corrected chi connectivity index (χ0v) is 13.2. The van der Waals surface area contributed by atoms with Crippen LogP contribution in [0.5, 0.6) is 5.75 Å². The van der Waals surface area contributed by atoms with Gasteiger partial charge in [-0.25, -0.2) is 9.67 Å². The second-order valence-corrected chi connectivity index (χ2v) is 5.70. The van der Waals surface area contributed by atoms with Gasteiger partial charge in [-0.2, -0.15) is 5.10 Å². The Morgan fingerprint density at radius 1 is 1.38 bits per heavy atom. The van der Waals surface area contributed by atoms with Gasteiger partial charge in [0, 0.05) is 17.1 Å². The summed E-state index contributed by atoms with van der Waals surface area (Å²) in [5.41, 5.74) is 6.57. The van der Waals surface area contributed by atoms with Crippen LogP contribution in [0.15, 0.2) is 24.5 Å². The molecule has 2 rings (SSSR count). The molecule has 0 atom stereocenters. The van der Waals surface area contributed by atoms with Crippen LogP contribution in [0.1, 0.15) is 25.2 Å². The molecule has 0 unspecified atom stereocenters. The average Bonchev–Trinajstić information content (AvgIpc) is 2.86. The molecule has 0 bridgehead atoms. The second-order valence-electron chi connectivity index (χ2n) is 5.30. The van der Waals surface area contributed by atoms with Crippen LogP contribution in [0.3, 0.4) is 0 Å². The smallest absolute Gasteiger partial charge is 0.164 e. The van der Waals surface area contributed by atoms with E-state index in [1.54, 1.807) is 6.33 Å². The Kier molecular flexibility index (Phi) is 5.59. The van der Waals surface area contributed by atoms with Crippen molar-refractivity contribution in [3.63, 3.8) is 0 Å². The molecule has 114 valence electrons. The summed E-state index contributed by atoms with van der Waals surface area (Å²) in [6, 6.07) is 5.62. The normalized spacial score (nSPS) is 11.1. The van der Waals surface area contributed by atoms with Crippen molar-refractivity contribution in [2.75, 3.05) is 6.54 Å². The molecule has 6 heteroatoms. The van der Waals surface area contributed by atoms with Gasteiger partial charge < -0.3 is 10.5 Å². The van der Waals surface area contributed by atoms with Gasteiger partial charge in [-0.1, -0.05) is 31.5 Å². The molecule has 0 aliphatic heterocycles. The molecule has 2 N–H and O–H groups in total. The number of halogens is 1. The molecule has 0 radical (unpaired) electrons. The minimum absolute atomic E-state index is 0.366. The van der Waals surface area contributed by atoms with Crippen molar-refractivity contribution in [1.29, 1.82) is 0 Å². The number of hydrogen-bond acceptors (Lipinski definition) is 4. The van der Waals surface area contributed by atoms with E-state index in [0.717, 1.165) is 23.7 Å². The fraction of sp³-hybridized carbons (Fsp3) is 0.467. The highest BCUT2D eigenvalue weighted by Gasteiger charge is 2.11. The van der Waals surface area contributed by atoms with Crippen LogP contribution in [-0.4, -0.2) is 21.3 Å². The fourth-order valence-corrected chi connectivity index (χ4v) is 2.36. The second kappa shape index (κ2) is 7.43. The first-order valence-electron chi connectivity index (χ1n) is 7.08. The SMILES string of the molecule is CC(C)Cn1ncnc1COc1cccc(Cl)c1CCN. The van der Waals surface area contributed by atoms with Gasteiger partial charge in [-0.05, 0) is 31.0 Å². The van der Waals surface area contributed by atoms with Crippen LogP contribution in [0.2, 0.25) is 5.02 Å². The Labute approximate surface area is 130 Å². The molecule has 21 heavy (non-hydrogen) atoms. The highest BCUT2D eigenvalue weighted by Crippen LogP contribution is 2.27. The zero-order chi connectivity index (χ0) is 15.2. The lowest BCUT2D eigenvalue weighted by atomic mass is 10.1. The van der Waals surface area contributed by atoms with Crippen LogP contribution in [-0.2, 0) is 19.6 Å². The highest BCUT2D eigenvalue weighted by molar-refractivity contribution is 6.31. The Morgan fingerprint density at radius 3 is 2.90 bits per heavy atom. The number of nitrogens with two attached hydrogens (primary N) is 1. The predicted octanol–water partition coefficient (Wildman–Crippen LogP) is 2.67. The van der Waals surface area contributed by atoms with Gasteiger partial charge >= 0.3 is 0 Å². The number of rotatable bonds is 7. The summed E-state index contributed by atoms with van der Waals surface area (Å²) in [4.78, 5) is 4.25. The molecule has 0 fully saturated rings. The first kappa shape index (κ1) is 15.8. The highest BCUT2D eigenvalue weighted by atomic mass is 35.5. The molecule has 1 aromatic carbocycles. The van der Waals surface area contributed by atoms with E-state index in [0.29, 0.717) is 30.5 Å². The first-order chi connectivity index (χ1) is 10.1. The number of aromatic nitrogens is 3. The zero-order valence-electron chi connectivity index (χ0n) is 12.4. The van der Waals surface area contributed by atoms with E-state index in [2.05, 4.69) is 23.9 Å². The van der Waals surface area contributed by atoms with Gasteiger partial charge in [0.15, 0.2) is 5.82 Å². The van der Waals surface area contributed by atoms with Crippen molar-refractivity contribution in [2.45, 2.75) is 33.4 Å². The monoisotopic (exact) mass is 308 g/mol. The lowest BCUT2D eigenvalue weighted by Crippen LogP contribution is -2.13. The van der Waals surface area contributed by atoms with Crippen LogP contribution in [0.4, 0.5) is 0 Å². The van der Waals surface area contributed by atoms with E-state index >= 15 is 0 Å². The summed E-state index contributed by atoms with van der Waals surface area (Å²) in [5.74, 6) is 2.07. The van der Waals surface area contributed by atoms with Gasteiger partial charge in [0.1, 0.15) is 18.7 Å². The van der Waals surface area contributed by atoms with E-state index in [-0.39, 0.29) is 0 Å². The van der Waals surface area contributed by atoms with Gasteiger partial charge in [0.05, 0.1) is 0 Å². The third-order valence-electron chi connectivity index (χ3n) is 3.06. The third-order valence-corrected chi connectivity index (χ3v) is 3.41. The quantitative estimate of drug-likeness (QED) is 0.854. The van der Waals surface area contributed by atoms with Gasteiger partial charge in [0.25, 0.3) is 0 Å². The van der Waals surface area contributed by atoms with Crippen molar-refractivity contribution < 1.29 is 4.74 Å². The average molecular weight is 309 g/mol. The molecule has 1 heterocycles.